The molecule has 204 valence electrons. The van der Waals surface area contributed by atoms with E-state index in [-0.39, 0.29) is 40.5 Å². The van der Waals surface area contributed by atoms with Crippen LogP contribution in [-0.4, -0.2) is 56.3 Å². The van der Waals surface area contributed by atoms with Crippen molar-refractivity contribution in [1.29, 1.82) is 0 Å². The fourth-order valence-electron chi connectivity index (χ4n) is 4.59. The average Bonchev–Trinajstić information content (AvgIpc) is 3.08. The molecule has 1 aromatic carbocycles. The number of benzene rings is 1. The minimum absolute atomic E-state index is 0.00857. The Hall–Kier alpha value is -3.76. The predicted molar refractivity (Wildman–Crippen MR) is 136 cm³/mol. The SMILES string of the molecule is CC[C@@H](/C=C/[C@H](OC(=O)/C(C)=C\[C@@H]1C(=O)NC2=CC(=O)c3cc(O)c(C)cc3[C@]21O)[C@H](C)O)CCC(=O)O. The molecule has 1 fully saturated rings. The van der Waals surface area contributed by atoms with E-state index in [0.717, 1.165) is 6.08 Å². The first kappa shape index (κ1) is 28.8. The Labute approximate surface area is 220 Å². The van der Waals surface area contributed by atoms with E-state index in [1.165, 1.54) is 38.1 Å². The Morgan fingerprint density at radius 1 is 1.24 bits per heavy atom. The van der Waals surface area contributed by atoms with Gasteiger partial charge < -0.3 is 30.5 Å². The third-order valence-corrected chi connectivity index (χ3v) is 6.97. The van der Waals surface area contributed by atoms with Crippen molar-refractivity contribution in [3.63, 3.8) is 0 Å². The van der Waals surface area contributed by atoms with Crippen molar-refractivity contribution in [2.45, 2.75) is 64.8 Å². The highest BCUT2D eigenvalue weighted by Crippen LogP contribution is 2.47. The molecule has 1 aromatic rings. The summed E-state index contributed by atoms with van der Waals surface area (Å²) in [5, 5.41) is 43.3. The molecule has 1 heterocycles. The van der Waals surface area contributed by atoms with Crippen LogP contribution in [0.3, 0.4) is 0 Å². The van der Waals surface area contributed by atoms with Gasteiger partial charge in [-0.15, -0.1) is 0 Å². The van der Waals surface area contributed by atoms with Crippen molar-refractivity contribution in [3.05, 3.63) is 64.4 Å². The van der Waals surface area contributed by atoms with E-state index in [9.17, 15) is 34.5 Å². The summed E-state index contributed by atoms with van der Waals surface area (Å²) in [6, 6.07) is 2.68. The van der Waals surface area contributed by atoms with Gasteiger partial charge in [0.25, 0.3) is 0 Å². The van der Waals surface area contributed by atoms with Gasteiger partial charge in [-0.3, -0.25) is 14.4 Å². The lowest BCUT2D eigenvalue weighted by Gasteiger charge is -2.32. The van der Waals surface area contributed by atoms with Gasteiger partial charge in [0.1, 0.15) is 17.5 Å². The number of hydrogen-bond donors (Lipinski definition) is 5. The molecule has 38 heavy (non-hydrogen) atoms. The van der Waals surface area contributed by atoms with Crippen molar-refractivity contribution in [1.82, 2.24) is 5.32 Å². The number of aromatic hydroxyl groups is 1. The molecule has 0 unspecified atom stereocenters. The molecule has 2 aliphatic rings. The number of nitrogens with one attached hydrogen (secondary N) is 1. The van der Waals surface area contributed by atoms with Gasteiger partial charge in [-0.2, -0.15) is 0 Å². The second-order valence-electron chi connectivity index (χ2n) is 9.79. The zero-order chi connectivity index (χ0) is 28.4. The number of ether oxygens (including phenoxy) is 1. The van der Waals surface area contributed by atoms with Crippen LogP contribution in [0.2, 0.25) is 0 Å². The first-order valence-electron chi connectivity index (χ1n) is 12.4. The molecule has 0 aromatic heterocycles. The number of esters is 1. The summed E-state index contributed by atoms with van der Waals surface area (Å²) in [6.07, 6.45) is 4.53. The molecule has 10 heteroatoms. The first-order chi connectivity index (χ1) is 17.8. The Balaban J connectivity index is 1.87. The molecule has 5 N–H and O–H groups in total. The van der Waals surface area contributed by atoms with E-state index >= 15 is 0 Å². The maximum absolute atomic E-state index is 12.9. The number of hydrogen-bond acceptors (Lipinski definition) is 8. The molecular formula is C28H33NO9. The number of aliphatic carboxylic acids is 1. The summed E-state index contributed by atoms with van der Waals surface area (Å²) in [5.41, 5.74) is -1.43. The van der Waals surface area contributed by atoms with E-state index < -0.39 is 47.4 Å². The van der Waals surface area contributed by atoms with Gasteiger partial charge >= 0.3 is 11.9 Å². The van der Waals surface area contributed by atoms with Crippen molar-refractivity contribution < 1.29 is 44.3 Å². The zero-order valence-corrected chi connectivity index (χ0v) is 21.7. The van der Waals surface area contributed by atoms with Gasteiger partial charge in [0, 0.05) is 29.2 Å². The van der Waals surface area contributed by atoms with Crippen LogP contribution >= 0.6 is 0 Å². The molecule has 10 nitrogen and oxygen atoms in total. The van der Waals surface area contributed by atoms with Crippen LogP contribution in [0.4, 0.5) is 0 Å². The number of allylic oxidation sites excluding steroid dienone is 2. The number of aryl methyl sites for hydroxylation is 1. The number of carboxylic acids is 1. The van der Waals surface area contributed by atoms with E-state index in [4.69, 9.17) is 9.84 Å². The molecule has 1 aliphatic heterocycles. The molecule has 0 saturated carbocycles. The Kier molecular flexibility index (Phi) is 8.58. The zero-order valence-electron chi connectivity index (χ0n) is 21.7. The van der Waals surface area contributed by atoms with Gasteiger partial charge in [-0.1, -0.05) is 19.1 Å². The maximum Gasteiger partial charge on any atom is 0.334 e. The predicted octanol–water partition coefficient (Wildman–Crippen LogP) is 2.40. The number of phenols is 1. The number of carbonyl (C=O) groups excluding carboxylic acids is 3. The van der Waals surface area contributed by atoms with E-state index in [1.807, 2.05) is 6.92 Å². The molecule has 1 aliphatic carbocycles. The molecule has 1 saturated heterocycles. The summed E-state index contributed by atoms with van der Waals surface area (Å²) in [4.78, 5) is 49.2. The number of carbonyl (C=O) groups is 4. The Bertz CT molecular complexity index is 1240. The van der Waals surface area contributed by atoms with E-state index in [2.05, 4.69) is 5.32 Å². The number of carboxylic acid groups (broad SMARTS) is 1. The molecule has 3 rings (SSSR count). The van der Waals surface area contributed by atoms with Gasteiger partial charge in [-0.05, 0) is 63.3 Å². The van der Waals surface area contributed by atoms with Crippen LogP contribution in [0.1, 0.15) is 61.5 Å². The van der Waals surface area contributed by atoms with Crippen LogP contribution in [0.25, 0.3) is 0 Å². The Morgan fingerprint density at radius 3 is 2.53 bits per heavy atom. The quantitative estimate of drug-likeness (QED) is 0.174. The van der Waals surface area contributed by atoms with Gasteiger partial charge in [0.15, 0.2) is 5.78 Å². The number of aliphatic hydroxyl groups excluding tert-OH is 1. The highest BCUT2D eigenvalue weighted by molar-refractivity contribution is 6.10. The number of aliphatic hydroxyl groups is 2. The van der Waals surface area contributed by atoms with Crippen LogP contribution in [0.15, 0.2) is 47.7 Å². The van der Waals surface area contributed by atoms with E-state index in [1.54, 1.807) is 13.0 Å². The number of rotatable bonds is 10. The normalized spacial score (nSPS) is 23.3. The summed E-state index contributed by atoms with van der Waals surface area (Å²) < 4.78 is 5.45. The topological polar surface area (TPSA) is 170 Å². The van der Waals surface area contributed by atoms with Crippen LogP contribution < -0.4 is 5.32 Å². The standard InChI is InChI=1S/C28H33NO9/c1-5-17(7-9-25(33)34)6-8-23(16(4)30)38-27(36)15(3)11-20-26(35)29-24-13-22(32)18-12-21(31)14(2)10-19(18)28(20,24)37/h6,8,10-13,16-17,20,23,30-31,37H,5,7,9H2,1-4H3,(H,29,35)(H,33,34)/b8-6+,15-11-/t16-,17-,20+,23-,28+/m0/s1. The lowest BCUT2D eigenvalue weighted by Crippen LogP contribution is -2.38. The molecule has 0 radical (unpaired) electrons. The van der Waals surface area contributed by atoms with Crippen molar-refractivity contribution in [2.75, 3.05) is 0 Å². The number of ketones is 1. The summed E-state index contributed by atoms with van der Waals surface area (Å²) in [5.74, 6) is -4.36. The van der Waals surface area contributed by atoms with Gasteiger partial charge in [0.2, 0.25) is 5.91 Å². The highest BCUT2D eigenvalue weighted by Gasteiger charge is 2.55. The highest BCUT2D eigenvalue weighted by atomic mass is 16.6. The van der Waals surface area contributed by atoms with Gasteiger partial charge in [0.05, 0.1) is 17.7 Å². The lowest BCUT2D eigenvalue weighted by molar-refractivity contribution is -0.146. The summed E-state index contributed by atoms with van der Waals surface area (Å²) in [6.45, 7) is 6.33. The van der Waals surface area contributed by atoms with Gasteiger partial charge in [-0.25, -0.2) is 4.79 Å². The number of fused-ring (bicyclic) bond motifs is 3. The summed E-state index contributed by atoms with van der Waals surface area (Å²) in [7, 11) is 0. The first-order valence-corrected chi connectivity index (χ1v) is 12.4. The third-order valence-electron chi connectivity index (χ3n) is 6.97. The molecule has 5 atom stereocenters. The van der Waals surface area contributed by atoms with Crippen LogP contribution in [0, 0.1) is 18.8 Å². The van der Waals surface area contributed by atoms with Crippen LogP contribution in [-0.2, 0) is 24.7 Å². The van der Waals surface area contributed by atoms with Crippen molar-refractivity contribution in [2.24, 2.45) is 11.8 Å². The van der Waals surface area contributed by atoms with Crippen molar-refractivity contribution in [3.8, 4) is 5.75 Å². The van der Waals surface area contributed by atoms with Crippen LogP contribution in [0.5, 0.6) is 5.75 Å². The lowest BCUT2D eigenvalue weighted by atomic mass is 9.74. The molecule has 1 amide bonds. The number of amides is 1. The van der Waals surface area contributed by atoms with Crippen molar-refractivity contribution >= 4 is 23.6 Å². The summed E-state index contributed by atoms with van der Waals surface area (Å²) >= 11 is 0. The monoisotopic (exact) mass is 527 g/mol. The molecule has 0 bridgehead atoms. The fraction of sp³-hybridized carbons (Fsp3) is 0.429. The second kappa shape index (κ2) is 11.3. The maximum atomic E-state index is 12.9. The average molecular weight is 528 g/mol. The minimum atomic E-state index is -1.97. The number of phenolic OH excluding ortho intramolecular Hbond substituents is 1. The Morgan fingerprint density at radius 2 is 1.92 bits per heavy atom. The fourth-order valence-corrected chi connectivity index (χ4v) is 4.59. The smallest absolute Gasteiger partial charge is 0.334 e. The molecule has 0 spiro atoms. The minimum Gasteiger partial charge on any atom is -0.508 e. The second-order valence-corrected chi connectivity index (χ2v) is 9.79. The molecular weight excluding hydrogens is 494 g/mol. The van der Waals surface area contributed by atoms with E-state index in [0.29, 0.717) is 18.4 Å². The third kappa shape index (κ3) is 5.71. The largest absolute Gasteiger partial charge is 0.508 e.